The topological polar surface area (TPSA) is 63.9 Å². The summed E-state index contributed by atoms with van der Waals surface area (Å²) in [6.45, 7) is 4.99. The van der Waals surface area contributed by atoms with Gasteiger partial charge in [0.15, 0.2) is 0 Å². The molecule has 0 amide bonds. The Labute approximate surface area is 138 Å². The molecular weight excluding hydrogens is 286 g/mol. The molecule has 0 aliphatic heterocycles. The number of imidazole rings is 1. The zero-order chi connectivity index (χ0) is 16.5. The third kappa shape index (κ3) is 4.20. The SMILES string of the molecule is CC.NCCOc1ccccc1-c1cnc(-c2ccccc2)[nH]1.[HH]. The van der Waals surface area contributed by atoms with Crippen molar-refractivity contribution in [2.75, 3.05) is 13.2 Å². The van der Waals surface area contributed by atoms with Gasteiger partial charge in [0.2, 0.25) is 0 Å². The van der Waals surface area contributed by atoms with Crippen molar-refractivity contribution in [3.63, 3.8) is 0 Å². The molecule has 0 atom stereocenters. The number of nitrogens with one attached hydrogen (secondary N) is 1. The molecule has 3 aromatic rings. The first-order chi connectivity index (χ1) is 11.4. The van der Waals surface area contributed by atoms with Crippen LogP contribution in [-0.2, 0) is 0 Å². The maximum atomic E-state index is 5.68. The van der Waals surface area contributed by atoms with Crippen LogP contribution in [0, 0.1) is 0 Å². The van der Waals surface area contributed by atoms with Gasteiger partial charge in [-0.25, -0.2) is 4.98 Å². The summed E-state index contributed by atoms with van der Waals surface area (Å²) in [5.74, 6) is 1.66. The molecule has 1 heterocycles. The first kappa shape index (κ1) is 16.8. The predicted octanol–water partition coefficient (Wildman–Crippen LogP) is 4.35. The number of benzene rings is 2. The van der Waals surface area contributed by atoms with Gasteiger partial charge in [-0.1, -0.05) is 56.3 Å². The van der Waals surface area contributed by atoms with Gasteiger partial charge in [0.05, 0.1) is 11.9 Å². The van der Waals surface area contributed by atoms with E-state index in [1.165, 1.54) is 0 Å². The van der Waals surface area contributed by atoms with E-state index < -0.39 is 0 Å². The molecule has 23 heavy (non-hydrogen) atoms. The third-order valence-electron chi connectivity index (χ3n) is 3.18. The lowest BCUT2D eigenvalue weighted by Crippen LogP contribution is -2.10. The molecule has 0 saturated carbocycles. The van der Waals surface area contributed by atoms with E-state index in [0.29, 0.717) is 13.2 Å². The van der Waals surface area contributed by atoms with Crippen LogP contribution in [0.15, 0.2) is 60.8 Å². The number of aromatic nitrogens is 2. The fourth-order valence-electron chi connectivity index (χ4n) is 2.18. The Morgan fingerprint density at radius 1 is 1.04 bits per heavy atom. The molecule has 122 valence electrons. The van der Waals surface area contributed by atoms with Crippen molar-refractivity contribution in [3.05, 3.63) is 60.8 Å². The highest BCUT2D eigenvalue weighted by Crippen LogP contribution is 2.29. The van der Waals surface area contributed by atoms with Crippen molar-refractivity contribution in [3.8, 4) is 28.4 Å². The number of nitrogens with two attached hydrogens (primary N) is 1. The van der Waals surface area contributed by atoms with Gasteiger partial charge in [-0.15, -0.1) is 0 Å². The molecule has 1 aromatic heterocycles. The van der Waals surface area contributed by atoms with Crippen LogP contribution in [0.1, 0.15) is 15.3 Å². The Kier molecular flexibility index (Phi) is 6.39. The summed E-state index contributed by atoms with van der Waals surface area (Å²) in [5.41, 5.74) is 8.48. The molecule has 2 aromatic carbocycles. The zero-order valence-corrected chi connectivity index (χ0v) is 13.6. The standard InChI is InChI=1S/C17H17N3O.C2H6.H2/c18-10-11-21-16-9-5-4-8-14(16)15-12-19-17(20-15)13-6-2-1-3-7-13;1-2;/h1-9,12H,10-11,18H2,(H,19,20);1-2H3;1H. The van der Waals surface area contributed by atoms with Gasteiger partial charge in [-0.2, -0.15) is 0 Å². The van der Waals surface area contributed by atoms with Crippen LogP contribution in [0.3, 0.4) is 0 Å². The predicted molar refractivity (Wildman–Crippen MR) is 97.5 cm³/mol. The Hall–Kier alpha value is -2.59. The highest BCUT2D eigenvalue weighted by atomic mass is 16.5. The van der Waals surface area contributed by atoms with Crippen LogP contribution < -0.4 is 10.5 Å². The second-order valence-electron chi connectivity index (χ2n) is 4.64. The van der Waals surface area contributed by atoms with E-state index in [0.717, 1.165) is 28.4 Å². The van der Waals surface area contributed by atoms with Crippen LogP contribution in [0.5, 0.6) is 5.75 Å². The van der Waals surface area contributed by atoms with Crippen LogP contribution in [-0.4, -0.2) is 23.1 Å². The van der Waals surface area contributed by atoms with Gasteiger partial charge in [0.1, 0.15) is 18.2 Å². The Balaban J connectivity index is 0.000000925. The minimum Gasteiger partial charge on any atom is -0.492 e. The molecule has 0 fully saturated rings. The quantitative estimate of drug-likeness (QED) is 0.736. The highest BCUT2D eigenvalue weighted by molar-refractivity contribution is 5.69. The van der Waals surface area contributed by atoms with E-state index in [1.54, 1.807) is 0 Å². The van der Waals surface area contributed by atoms with Crippen LogP contribution >= 0.6 is 0 Å². The van der Waals surface area contributed by atoms with Crippen molar-refractivity contribution in [2.45, 2.75) is 13.8 Å². The average Bonchev–Trinajstić information content (AvgIpc) is 3.13. The Morgan fingerprint density at radius 3 is 2.48 bits per heavy atom. The summed E-state index contributed by atoms with van der Waals surface area (Å²) in [6.07, 6.45) is 1.83. The first-order valence-electron chi connectivity index (χ1n) is 7.91. The number of hydrogen-bond acceptors (Lipinski definition) is 3. The normalized spacial score (nSPS) is 9.87. The number of ether oxygens (including phenoxy) is 1. The lowest BCUT2D eigenvalue weighted by Gasteiger charge is -2.09. The minimum absolute atomic E-state index is 0. The van der Waals surface area contributed by atoms with E-state index in [9.17, 15) is 0 Å². The van der Waals surface area contributed by atoms with Crippen molar-refractivity contribution in [1.82, 2.24) is 9.97 Å². The van der Waals surface area contributed by atoms with Gasteiger partial charge in [0.25, 0.3) is 0 Å². The van der Waals surface area contributed by atoms with E-state index in [2.05, 4.69) is 9.97 Å². The second-order valence-corrected chi connectivity index (χ2v) is 4.64. The van der Waals surface area contributed by atoms with Gasteiger partial charge in [-0.3, -0.25) is 0 Å². The van der Waals surface area contributed by atoms with Crippen molar-refractivity contribution >= 4 is 0 Å². The van der Waals surface area contributed by atoms with Crippen molar-refractivity contribution < 1.29 is 6.16 Å². The smallest absolute Gasteiger partial charge is 0.137 e. The first-order valence-corrected chi connectivity index (χ1v) is 7.91. The van der Waals surface area contributed by atoms with E-state index in [4.69, 9.17) is 10.5 Å². The fourth-order valence-corrected chi connectivity index (χ4v) is 2.18. The number of nitrogens with zero attached hydrogens (tertiary/aromatic N) is 1. The van der Waals surface area contributed by atoms with E-state index in [1.807, 2.05) is 74.6 Å². The van der Waals surface area contributed by atoms with Gasteiger partial charge < -0.3 is 15.5 Å². The molecule has 0 saturated heterocycles. The van der Waals surface area contributed by atoms with Gasteiger partial charge in [0, 0.05) is 19.1 Å². The summed E-state index contributed by atoms with van der Waals surface area (Å²) in [5, 5.41) is 0. The number of aromatic amines is 1. The fraction of sp³-hybridized carbons (Fsp3) is 0.211. The number of para-hydroxylation sites is 1. The Bertz CT molecular complexity index is 713. The highest BCUT2D eigenvalue weighted by Gasteiger charge is 2.09. The molecule has 0 bridgehead atoms. The molecule has 0 aliphatic carbocycles. The minimum atomic E-state index is 0. The lowest BCUT2D eigenvalue weighted by atomic mass is 10.1. The maximum Gasteiger partial charge on any atom is 0.137 e. The second kappa shape index (κ2) is 8.76. The summed E-state index contributed by atoms with van der Waals surface area (Å²) in [4.78, 5) is 7.79. The summed E-state index contributed by atoms with van der Waals surface area (Å²) < 4.78 is 5.68. The largest absolute Gasteiger partial charge is 0.492 e. The van der Waals surface area contributed by atoms with E-state index in [-0.39, 0.29) is 1.43 Å². The molecule has 3 rings (SSSR count). The average molecular weight is 311 g/mol. The van der Waals surface area contributed by atoms with Gasteiger partial charge >= 0.3 is 0 Å². The van der Waals surface area contributed by atoms with Crippen LogP contribution in [0.25, 0.3) is 22.6 Å². The van der Waals surface area contributed by atoms with Crippen LogP contribution in [0.4, 0.5) is 0 Å². The van der Waals surface area contributed by atoms with E-state index >= 15 is 0 Å². The molecular formula is C19H25N3O. The van der Waals surface area contributed by atoms with Crippen molar-refractivity contribution in [2.24, 2.45) is 5.73 Å². The Morgan fingerprint density at radius 2 is 1.74 bits per heavy atom. The molecule has 0 spiro atoms. The summed E-state index contributed by atoms with van der Waals surface area (Å²) in [7, 11) is 0. The van der Waals surface area contributed by atoms with Crippen molar-refractivity contribution in [1.29, 1.82) is 0 Å². The summed E-state index contributed by atoms with van der Waals surface area (Å²) in [6, 6.07) is 17.9. The zero-order valence-electron chi connectivity index (χ0n) is 13.6. The van der Waals surface area contributed by atoms with Gasteiger partial charge in [-0.05, 0) is 12.1 Å². The number of hydrogen-bond donors (Lipinski definition) is 2. The molecule has 3 N–H and O–H groups in total. The molecule has 4 nitrogen and oxygen atoms in total. The lowest BCUT2D eigenvalue weighted by molar-refractivity contribution is 0.329. The molecule has 4 heteroatoms. The summed E-state index contributed by atoms with van der Waals surface area (Å²) >= 11 is 0. The number of rotatable bonds is 5. The monoisotopic (exact) mass is 311 g/mol. The maximum absolute atomic E-state index is 5.68. The molecule has 0 unspecified atom stereocenters. The third-order valence-corrected chi connectivity index (χ3v) is 3.18. The molecule has 0 aliphatic rings. The number of H-pyrrole nitrogens is 1. The molecule has 0 radical (unpaired) electrons. The van der Waals surface area contributed by atoms with Crippen LogP contribution in [0.2, 0.25) is 0 Å².